The van der Waals surface area contributed by atoms with E-state index < -0.39 is 0 Å². The number of hydrogen-bond acceptors (Lipinski definition) is 2. The zero-order valence-corrected chi connectivity index (χ0v) is 11.5. The van der Waals surface area contributed by atoms with E-state index in [4.69, 9.17) is 0 Å². The van der Waals surface area contributed by atoms with E-state index in [0.29, 0.717) is 5.41 Å². The molecule has 0 heterocycles. The molecule has 0 saturated heterocycles. The maximum absolute atomic E-state index is 3.73. The molecule has 17 heavy (non-hydrogen) atoms. The summed E-state index contributed by atoms with van der Waals surface area (Å²) >= 11 is 0. The molecular weight excluding hydrogens is 208 g/mol. The van der Waals surface area contributed by atoms with Crippen LogP contribution in [0.3, 0.4) is 0 Å². The van der Waals surface area contributed by atoms with Gasteiger partial charge in [-0.05, 0) is 75.8 Å². The van der Waals surface area contributed by atoms with Gasteiger partial charge in [0.1, 0.15) is 0 Å². The molecule has 0 amide bonds. The summed E-state index contributed by atoms with van der Waals surface area (Å²) in [6.45, 7) is 3.63. The molecule has 2 nitrogen and oxygen atoms in total. The molecule has 4 saturated carbocycles. The van der Waals surface area contributed by atoms with Gasteiger partial charge in [0.25, 0.3) is 0 Å². The first-order valence-corrected chi connectivity index (χ1v) is 7.51. The van der Waals surface area contributed by atoms with Crippen LogP contribution in [0.1, 0.15) is 38.5 Å². The fourth-order valence-corrected chi connectivity index (χ4v) is 5.16. The van der Waals surface area contributed by atoms with Crippen molar-refractivity contribution in [1.82, 2.24) is 10.2 Å². The van der Waals surface area contributed by atoms with Crippen LogP contribution in [-0.4, -0.2) is 38.6 Å². The second kappa shape index (κ2) is 4.55. The normalized spacial score (nSPS) is 43.6. The molecule has 0 spiro atoms. The molecule has 4 bridgehead atoms. The van der Waals surface area contributed by atoms with Gasteiger partial charge in [-0.25, -0.2) is 0 Å². The van der Waals surface area contributed by atoms with Gasteiger partial charge < -0.3 is 10.2 Å². The van der Waals surface area contributed by atoms with Crippen molar-refractivity contribution in [2.75, 3.05) is 33.7 Å². The van der Waals surface area contributed by atoms with E-state index in [-0.39, 0.29) is 0 Å². The first-order chi connectivity index (χ1) is 8.15. The van der Waals surface area contributed by atoms with E-state index in [9.17, 15) is 0 Å². The Balaban J connectivity index is 1.52. The minimum absolute atomic E-state index is 0.709. The first kappa shape index (κ1) is 12.0. The van der Waals surface area contributed by atoms with E-state index in [0.717, 1.165) is 24.3 Å². The second-order valence-electron chi connectivity index (χ2n) is 7.40. The van der Waals surface area contributed by atoms with Gasteiger partial charge in [0.2, 0.25) is 0 Å². The van der Waals surface area contributed by atoms with E-state index in [1.807, 2.05) is 0 Å². The Morgan fingerprint density at radius 3 is 2.00 bits per heavy atom. The van der Waals surface area contributed by atoms with Crippen molar-refractivity contribution >= 4 is 0 Å². The number of rotatable bonds is 5. The number of nitrogens with zero attached hydrogens (tertiary/aromatic N) is 1. The molecule has 0 aromatic carbocycles. The molecule has 0 unspecified atom stereocenters. The molecule has 2 heteroatoms. The summed E-state index contributed by atoms with van der Waals surface area (Å²) in [7, 11) is 4.32. The van der Waals surface area contributed by atoms with Crippen LogP contribution in [0.2, 0.25) is 0 Å². The maximum Gasteiger partial charge on any atom is 0.0101 e. The van der Waals surface area contributed by atoms with Crippen molar-refractivity contribution in [3.63, 3.8) is 0 Å². The van der Waals surface area contributed by atoms with E-state index in [2.05, 4.69) is 24.3 Å². The smallest absolute Gasteiger partial charge is 0.0101 e. The maximum atomic E-state index is 3.73. The van der Waals surface area contributed by atoms with Crippen LogP contribution in [0.15, 0.2) is 0 Å². The zero-order valence-electron chi connectivity index (χ0n) is 11.5. The second-order valence-corrected chi connectivity index (χ2v) is 7.40. The molecular formula is C15H28N2. The van der Waals surface area contributed by atoms with Gasteiger partial charge in [-0.2, -0.15) is 0 Å². The molecule has 0 aromatic heterocycles. The minimum atomic E-state index is 0.709. The Kier molecular flexibility index (Phi) is 3.20. The highest BCUT2D eigenvalue weighted by Gasteiger charge is 2.50. The molecule has 4 aliphatic rings. The Morgan fingerprint density at radius 2 is 1.53 bits per heavy atom. The van der Waals surface area contributed by atoms with Gasteiger partial charge in [0, 0.05) is 19.6 Å². The molecule has 4 aliphatic carbocycles. The molecule has 4 fully saturated rings. The van der Waals surface area contributed by atoms with Gasteiger partial charge >= 0.3 is 0 Å². The third-order valence-corrected chi connectivity index (χ3v) is 5.40. The van der Waals surface area contributed by atoms with Crippen molar-refractivity contribution in [2.45, 2.75) is 38.5 Å². The molecule has 0 aliphatic heterocycles. The largest absolute Gasteiger partial charge is 0.315 e. The van der Waals surface area contributed by atoms with Gasteiger partial charge in [0.15, 0.2) is 0 Å². The van der Waals surface area contributed by atoms with Crippen LogP contribution in [0.4, 0.5) is 0 Å². The Morgan fingerprint density at radius 1 is 1.00 bits per heavy atom. The van der Waals surface area contributed by atoms with Crippen LogP contribution in [0.5, 0.6) is 0 Å². The molecule has 1 N–H and O–H groups in total. The molecule has 0 radical (unpaired) electrons. The lowest BCUT2D eigenvalue weighted by Gasteiger charge is -2.57. The van der Waals surface area contributed by atoms with Gasteiger partial charge in [0.05, 0.1) is 0 Å². The highest BCUT2D eigenvalue weighted by atomic mass is 15.1. The van der Waals surface area contributed by atoms with Crippen LogP contribution < -0.4 is 5.32 Å². The lowest BCUT2D eigenvalue weighted by Crippen LogP contribution is -2.50. The summed E-state index contributed by atoms with van der Waals surface area (Å²) in [6, 6.07) is 0. The average molecular weight is 236 g/mol. The van der Waals surface area contributed by atoms with Crippen molar-refractivity contribution in [2.24, 2.45) is 23.2 Å². The number of likely N-dealkylation sites (N-methyl/N-ethyl adjacent to an activating group) is 1. The monoisotopic (exact) mass is 236 g/mol. The lowest BCUT2D eigenvalue weighted by molar-refractivity contribution is -0.0512. The Labute approximate surface area is 106 Å². The average Bonchev–Trinajstić information content (AvgIpc) is 2.22. The first-order valence-electron chi connectivity index (χ1n) is 7.51. The van der Waals surface area contributed by atoms with Crippen molar-refractivity contribution < 1.29 is 0 Å². The molecule has 0 aromatic rings. The quantitative estimate of drug-likeness (QED) is 0.737. The summed E-state index contributed by atoms with van der Waals surface area (Å²) in [5.74, 6) is 3.28. The summed E-state index contributed by atoms with van der Waals surface area (Å²) in [5, 5.41) is 3.73. The number of nitrogens with one attached hydrogen (secondary N) is 1. The SMILES string of the molecule is CN(C)CCNCC12CC3CC(CC(C3)C1)C2. The topological polar surface area (TPSA) is 15.3 Å². The predicted octanol–water partition coefficient (Wildman–Crippen LogP) is 2.35. The van der Waals surface area contributed by atoms with Gasteiger partial charge in [-0.1, -0.05) is 0 Å². The Bertz CT molecular complexity index is 237. The third-order valence-electron chi connectivity index (χ3n) is 5.40. The highest BCUT2D eigenvalue weighted by molar-refractivity contribution is 5.02. The van der Waals surface area contributed by atoms with Crippen molar-refractivity contribution in [3.8, 4) is 0 Å². The Hall–Kier alpha value is -0.0800. The summed E-state index contributed by atoms with van der Waals surface area (Å²) in [4.78, 5) is 2.27. The fourth-order valence-electron chi connectivity index (χ4n) is 5.16. The van der Waals surface area contributed by atoms with E-state index >= 15 is 0 Å². The standard InChI is InChI=1S/C15H28N2/c1-17(2)4-3-16-11-15-8-12-5-13(9-15)7-14(6-12)10-15/h12-14,16H,3-11H2,1-2H3. The van der Waals surface area contributed by atoms with Crippen LogP contribution in [0, 0.1) is 23.2 Å². The highest BCUT2D eigenvalue weighted by Crippen LogP contribution is 2.59. The van der Waals surface area contributed by atoms with E-state index in [1.54, 1.807) is 19.3 Å². The summed E-state index contributed by atoms with van der Waals surface area (Å²) in [6.07, 6.45) is 9.31. The minimum Gasteiger partial charge on any atom is -0.315 e. The van der Waals surface area contributed by atoms with Crippen molar-refractivity contribution in [1.29, 1.82) is 0 Å². The van der Waals surface area contributed by atoms with Crippen LogP contribution in [-0.2, 0) is 0 Å². The third kappa shape index (κ3) is 2.53. The van der Waals surface area contributed by atoms with E-state index in [1.165, 1.54) is 32.4 Å². The molecule has 4 rings (SSSR count). The van der Waals surface area contributed by atoms with Crippen LogP contribution in [0.25, 0.3) is 0 Å². The molecule has 0 atom stereocenters. The molecule has 98 valence electrons. The lowest BCUT2D eigenvalue weighted by atomic mass is 9.49. The van der Waals surface area contributed by atoms with Crippen molar-refractivity contribution in [3.05, 3.63) is 0 Å². The van der Waals surface area contributed by atoms with Gasteiger partial charge in [-0.15, -0.1) is 0 Å². The predicted molar refractivity (Wildman–Crippen MR) is 72.0 cm³/mol. The summed E-state index contributed by atoms with van der Waals surface area (Å²) < 4.78 is 0. The van der Waals surface area contributed by atoms with Gasteiger partial charge in [-0.3, -0.25) is 0 Å². The summed E-state index contributed by atoms with van der Waals surface area (Å²) in [5.41, 5.74) is 0.709. The zero-order chi connectivity index (χ0) is 11.9. The van der Waals surface area contributed by atoms with Crippen LogP contribution >= 0.6 is 0 Å². The fraction of sp³-hybridized carbons (Fsp3) is 1.00. The number of hydrogen-bond donors (Lipinski definition) is 1.